The second-order valence-electron chi connectivity index (χ2n) is 3.29. The van der Waals surface area contributed by atoms with Crippen molar-refractivity contribution in [3.8, 4) is 11.4 Å². The third-order valence-electron chi connectivity index (χ3n) is 2.03. The highest BCUT2D eigenvalue weighted by Crippen LogP contribution is 2.19. The summed E-state index contributed by atoms with van der Waals surface area (Å²) in [6.07, 6.45) is 0. The van der Waals surface area contributed by atoms with E-state index in [-0.39, 0.29) is 6.54 Å². The quantitative estimate of drug-likeness (QED) is 0.720. The number of anilines is 1. The van der Waals surface area contributed by atoms with E-state index in [1.54, 1.807) is 24.3 Å². The molecule has 0 aliphatic heterocycles. The van der Waals surface area contributed by atoms with Gasteiger partial charge in [0.25, 0.3) is 0 Å². The van der Waals surface area contributed by atoms with Crippen molar-refractivity contribution in [3.63, 3.8) is 0 Å². The number of aromatic nitrogens is 2. The number of hydrogen-bond donors (Lipinski definition) is 3. The van der Waals surface area contributed by atoms with Crippen molar-refractivity contribution >= 4 is 11.7 Å². The lowest BCUT2D eigenvalue weighted by atomic mass is 10.2. The van der Waals surface area contributed by atoms with Gasteiger partial charge in [0, 0.05) is 11.3 Å². The topological polar surface area (TPSA) is 120 Å². The summed E-state index contributed by atoms with van der Waals surface area (Å²) in [7, 11) is 0. The average molecular weight is 233 g/mol. The number of carbonyl (C=O) groups excluding carboxylic acids is 1. The summed E-state index contributed by atoms with van der Waals surface area (Å²) in [5.74, 6) is 0.770. The molecule has 0 saturated heterocycles. The summed E-state index contributed by atoms with van der Waals surface area (Å²) >= 11 is 0. The molecule has 0 atom stereocenters. The first-order chi connectivity index (χ1) is 8.19. The van der Waals surface area contributed by atoms with E-state index in [1.165, 1.54) is 0 Å². The van der Waals surface area contributed by atoms with Gasteiger partial charge in [0.1, 0.15) is 0 Å². The molecule has 0 spiro atoms. The molecular weight excluding hydrogens is 222 g/mol. The first kappa shape index (κ1) is 11.1. The number of rotatable bonds is 3. The van der Waals surface area contributed by atoms with Crippen LogP contribution in [-0.4, -0.2) is 16.2 Å². The Hall–Kier alpha value is -2.41. The van der Waals surface area contributed by atoms with Crippen LogP contribution >= 0.6 is 0 Å². The van der Waals surface area contributed by atoms with Crippen molar-refractivity contribution in [1.82, 2.24) is 10.1 Å². The molecule has 0 radical (unpaired) electrons. The molecule has 2 rings (SSSR count). The van der Waals surface area contributed by atoms with Crippen molar-refractivity contribution in [1.29, 1.82) is 0 Å². The molecule has 1 aromatic carbocycles. The van der Waals surface area contributed by atoms with Crippen LogP contribution in [0.25, 0.3) is 11.4 Å². The fraction of sp³-hybridized carbons (Fsp3) is 0.100. The third-order valence-corrected chi connectivity index (χ3v) is 2.03. The molecule has 1 heterocycles. The zero-order valence-electron chi connectivity index (χ0n) is 8.88. The van der Waals surface area contributed by atoms with E-state index in [0.717, 1.165) is 0 Å². The van der Waals surface area contributed by atoms with Crippen LogP contribution in [0.3, 0.4) is 0 Å². The van der Waals surface area contributed by atoms with E-state index in [0.29, 0.717) is 23.0 Å². The molecule has 2 aromatic rings. The largest absolute Gasteiger partial charge is 0.351 e. The highest BCUT2D eigenvalue weighted by Gasteiger charge is 2.08. The number of nitrogens with one attached hydrogen (secondary N) is 1. The lowest BCUT2D eigenvalue weighted by molar-refractivity contribution is 0.259. The van der Waals surface area contributed by atoms with E-state index in [4.69, 9.17) is 16.0 Å². The molecule has 0 aliphatic carbocycles. The molecule has 5 N–H and O–H groups in total. The summed E-state index contributed by atoms with van der Waals surface area (Å²) in [5.41, 5.74) is 11.7. The van der Waals surface area contributed by atoms with Crippen molar-refractivity contribution in [3.05, 3.63) is 30.2 Å². The van der Waals surface area contributed by atoms with E-state index >= 15 is 0 Å². The molecule has 0 fully saturated rings. The molecule has 88 valence electrons. The summed E-state index contributed by atoms with van der Waals surface area (Å²) in [4.78, 5) is 14.8. The zero-order chi connectivity index (χ0) is 12.3. The van der Waals surface area contributed by atoms with Gasteiger partial charge < -0.3 is 21.3 Å². The number of amides is 2. The van der Waals surface area contributed by atoms with Crippen LogP contribution in [0, 0.1) is 0 Å². The standard InChI is InChI=1S/C10H11N5O2/c11-5-8-14-9(15-17-8)6-2-1-3-7(4-6)13-10(12)16/h1-4H,5,11H2,(H3,12,13,16). The van der Waals surface area contributed by atoms with Gasteiger partial charge in [0.05, 0.1) is 6.54 Å². The van der Waals surface area contributed by atoms with Gasteiger partial charge in [-0.05, 0) is 12.1 Å². The van der Waals surface area contributed by atoms with Crippen LogP contribution in [0.1, 0.15) is 5.89 Å². The minimum absolute atomic E-state index is 0.187. The normalized spacial score (nSPS) is 10.2. The summed E-state index contributed by atoms with van der Waals surface area (Å²) < 4.78 is 4.89. The molecule has 0 bridgehead atoms. The Morgan fingerprint density at radius 2 is 2.29 bits per heavy atom. The van der Waals surface area contributed by atoms with E-state index in [1.807, 2.05) is 0 Å². The number of nitrogens with zero attached hydrogens (tertiary/aromatic N) is 2. The molecule has 0 saturated carbocycles. The van der Waals surface area contributed by atoms with Crippen LogP contribution in [0.15, 0.2) is 28.8 Å². The first-order valence-electron chi connectivity index (χ1n) is 4.88. The Morgan fingerprint density at radius 3 is 2.94 bits per heavy atom. The van der Waals surface area contributed by atoms with Crippen LogP contribution in [0.5, 0.6) is 0 Å². The first-order valence-corrected chi connectivity index (χ1v) is 4.88. The molecule has 0 unspecified atom stereocenters. The van der Waals surface area contributed by atoms with Crippen LogP contribution < -0.4 is 16.8 Å². The highest BCUT2D eigenvalue weighted by molar-refractivity contribution is 5.88. The molecule has 7 nitrogen and oxygen atoms in total. The van der Waals surface area contributed by atoms with Gasteiger partial charge in [-0.25, -0.2) is 4.79 Å². The van der Waals surface area contributed by atoms with Gasteiger partial charge in [-0.15, -0.1) is 0 Å². The van der Waals surface area contributed by atoms with E-state index in [9.17, 15) is 4.79 Å². The summed E-state index contributed by atoms with van der Waals surface area (Å²) in [6, 6.07) is 6.31. The zero-order valence-corrected chi connectivity index (χ0v) is 8.88. The lowest BCUT2D eigenvalue weighted by Gasteiger charge is -2.02. The smallest absolute Gasteiger partial charge is 0.316 e. The molecular formula is C10H11N5O2. The van der Waals surface area contributed by atoms with Crippen LogP contribution in [0.2, 0.25) is 0 Å². The second-order valence-corrected chi connectivity index (χ2v) is 3.29. The van der Waals surface area contributed by atoms with Crippen molar-refractivity contribution < 1.29 is 9.32 Å². The monoisotopic (exact) mass is 233 g/mol. The van der Waals surface area contributed by atoms with Crippen molar-refractivity contribution in [2.24, 2.45) is 11.5 Å². The van der Waals surface area contributed by atoms with E-state index < -0.39 is 6.03 Å². The molecule has 17 heavy (non-hydrogen) atoms. The maximum Gasteiger partial charge on any atom is 0.316 e. The Kier molecular flexibility index (Phi) is 3.01. The Morgan fingerprint density at radius 1 is 1.47 bits per heavy atom. The number of nitrogens with two attached hydrogens (primary N) is 2. The Bertz CT molecular complexity index is 537. The number of primary amides is 1. The number of carbonyl (C=O) groups is 1. The number of hydrogen-bond acceptors (Lipinski definition) is 5. The maximum absolute atomic E-state index is 10.7. The predicted octanol–water partition coefficient (Wildman–Crippen LogP) is 0.686. The van der Waals surface area contributed by atoms with Crippen molar-refractivity contribution in [2.75, 3.05) is 5.32 Å². The van der Waals surface area contributed by atoms with Crippen molar-refractivity contribution in [2.45, 2.75) is 6.54 Å². The summed E-state index contributed by atoms with van der Waals surface area (Å²) in [6.45, 7) is 0.187. The molecule has 1 aromatic heterocycles. The lowest BCUT2D eigenvalue weighted by Crippen LogP contribution is -2.19. The fourth-order valence-corrected chi connectivity index (χ4v) is 1.33. The van der Waals surface area contributed by atoms with Gasteiger partial charge in [-0.2, -0.15) is 4.98 Å². The summed E-state index contributed by atoms with van der Waals surface area (Å²) in [5, 5.41) is 6.23. The minimum atomic E-state index is -0.627. The SMILES string of the molecule is NCc1nc(-c2cccc(NC(N)=O)c2)no1. The second kappa shape index (κ2) is 4.62. The average Bonchev–Trinajstić information content (AvgIpc) is 2.77. The van der Waals surface area contributed by atoms with Crippen LogP contribution in [0.4, 0.5) is 10.5 Å². The van der Waals surface area contributed by atoms with Gasteiger partial charge in [0.2, 0.25) is 11.7 Å². The molecule has 0 aliphatic rings. The van der Waals surface area contributed by atoms with Gasteiger partial charge in [-0.3, -0.25) is 0 Å². The van der Waals surface area contributed by atoms with Crippen LogP contribution in [-0.2, 0) is 6.54 Å². The fourth-order valence-electron chi connectivity index (χ4n) is 1.33. The Balaban J connectivity index is 2.29. The van der Waals surface area contributed by atoms with Gasteiger partial charge in [0.15, 0.2) is 0 Å². The van der Waals surface area contributed by atoms with Gasteiger partial charge >= 0.3 is 6.03 Å². The molecule has 7 heteroatoms. The predicted molar refractivity (Wildman–Crippen MR) is 60.8 cm³/mol. The Labute approximate surface area is 96.8 Å². The van der Waals surface area contributed by atoms with E-state index in [2.05, 4.69) is 15.5 Å². The van der Waals surface area contributed by atoms with Gasteiger partial charge in [-0.1, -0.05) is 17.3 Å². The number of benzene rings is 1. The number of urea groups is 1. The maximum atomic E-state index is 10.7. The highest BCUT2D eigenvalue weighted by atomic mass is 16.5. The minimum Gasteiger partial charge on any atom is -0.351 e. The third kappa shape index (κ3) is 2.58. The molecule has 2 amide bonds.